The maximum Gasteiger partial charge on any atom is 0.238 e. The van der Waals surface area contributed by atoms with Crippen LogP contribution in [0.4, 0.5) is 10.1 Å². The summed E-state index contributed by atoms with van der Waals surface area (Å²) in [5.74, 6) is -0.558. The van der Waals surface area contributed by atoms with Crippen molar-refractivity contribution in [2.24, 2.45) is 0 Å². The predicted octanol–water partition coefficient (Wildman–Crippen LogP) is 3.41. The molecular formula is C26H29FN4O2. The van der Waals surface area contributed by atoms with Crippen LogP contribution in [-0.2, 0) is 9.59 Å². The molecule has 4 rings (SSSR count). The summed E-state index contributed by atoms with van der Waals surface area (Å²) in [6.07, 6.45) is 0. The van der Waals surface area contributed by atoms with Crippen molar-refractivity contribution in [2.45, 2.75) is 13.0 Å². The van der Waals surface area contributed by atoms with E-state index in [4.69, 9.17) is 0 Å². The van der Waals surface area contributed by atoms with E-state index in [1.807, 2.05) is 30.0 Å². The first kappa shape index (κ1) is 22.9. The summed E-state index contributed by atoms with van der Waals surface area (Å²) in [5, 5.41) is 8.16. The van der Waals surface area contributed by atoms with Crippen molar-refractivity contribution >= 4 is 28.3 Å². The van der Waals surface area contributed by atoms with Gasteiger partial charge in [0, 0.05) is 31.9 Å². The second-order valence-corrected chi connectivity index (χ2v) is 8.47. The highest BCUT2D eigenvalue weighted by molar-refractivity contribution is 5.92. The van der Waals surface area contributed by atoms with Crippen molar-refractivity contribution in [1.82, 2.24) is 15.1 Å². The fraction of sp³-hybridized carbons (Fsp3) is 0.308. The first-order valence-electron chi connectivity index (χ1n) is 11.2. The van der Waals surface area contributed by atoms with Crippen molar-refractivity contribution in [3.8, 4) is 0 Å². The summed E-state index contributed by atoms with van der Waals surface area (Å²) in [6, 6.07) is 20.1. The van der Waals surface area contributed by atoms with Gasteiger partial charge in [0.15, 0.2) is 0 Å². The Morgan fingerprint density at radius 3 is 2.24 bits per heavy atom. The molecule has 0 bridgehead atoms. The first-order valence-corrected chi connectivity index (χ1v) is 11.2. The SMILES string of the molecule is C[C@@H](NC(=O)CN1CCN(CC(=O)Nc2cccc(F)c2)CC1)c1cccc2ccccc12. The lowest BCUT2D eigenvalue weighted by Crippen LogP contribution is -2.51. The Bertz CT molecular complexity index is 1120. The van der Waals surface area contributed by atoms with E-state index in [1.165, 1.54) is 12.1 Å². The van der Waals surface area contributed by atoms with Crippen LogP contribution in [0.2, 0.25) is 0 Å². The van der Waals surface area contributed by atoms with E-state index in [0.717, 1.165) is 16.3 Å². The smallest absolute Gasteiger partial charge is 0.238 e. The van der Waals surface area contributed by atoms with Gasteiger partial charge >= 0.3 is 0 Å². The highest BCUT2D eigenvalue weighted by atomic mass is 19.1. The quantitative estimate of drug-likeness (QED) is 0.582. The van der Waals surface area contributed by atoms with Crippen LogP contribution in [0, 0.1) is 5.82 Å². The van der Waals surface area contributed by atoms with E-state index in [9.17, 15) is 14.0 Å². The number of amides is 2. The number of carbonyl (C=O) groups excluding carboxylic acids is 2. The third kappa shape index (κ3) is 6.15. The summed E-state index contributed by atoms with van der Waals surface area (Å²) in [6.45, 7) is 5.40. The monoisotopic (exact) mass is 448 g/mol. The summed E-state index contributed by atoms with van der Waals surface area (Å²) >= 11 is 0. The Balaban J connectivity index is 1.22. The molecule has 33 heavy (non-hydrogen) atoms. The summed E-state index contributed by atoms with van der Waals surface area (Å²) in [4.78, 5) is 29.1. The number of carbonyl (C=O) groups is 2. The number of nitrogens with zero attached hydrogens (tertiary/aromatic N) is 2. The van der Waals surface area contributed by atoms with Gasteiger partial charge in [0.25, 0.3) is 0 Å². The van der Waals surface area contributed by atoms with Crippen molar-refractivity contribution in [1.29, 1.82) is 0 Å². The number of piperazine rings is 1. The number of halogens is 1. The Kier molecular flexibility index (Phi) is 7.32. The Hall–Kier alpha value is -3.29. The molecule has 0 saturated carbocycles. The third-order valence-corrected chi connectivity index (χ3v) is 5.98. The maximum absolute atomic E-state index is 13.3. The van der Waals surface area contributed by atoms with E-state index >= 15 is 0 Å². The molecule has 1 atom stereocenters. The molecule has 1 aliphatic rings. The van der Waals surface area contributed by atoms with E-state index in [2.05, 4.69) is 39.8 Å². The Morgan fingerprint density at radius 2 is 1.52 bits per heavy atom. The van der Waals surface area contributed by atoms with Crippen molar-refractivity contribution in [3.63, 3.8) is 0 Å². The van der Waals surface area contributed by atoms with E-state index in [1.54, 1.807) is 12.1 Å². The molecule has 172 valence electrons. The Labute approximate surface area is 193 Å². The van der Waals surface area contributed by atoms with Gasteiger partial charge in [-0.3, -0.25) is 19.4 Å². The highest BCUT2D eigenvalue weighted by Crippen LogP contribution is 2.24. The maximum atomic E-state index is 13.3. The Morgan fingerprint density at radius 1 is 0.879 bits per heavy atom. The van der Waals surface area contributed by atoms with Crippen molar-refractivity contribution in [3.05, 3.63) is 78.1 Å². The lowest BCUT2D eigenvalue weighted by Gasteiger charge is -2.34. The van der Waals surface area contributed by atoms with Crippen LogP contribution in [0.25, 0.3) is 10.8 Å². The predicted molar refractivity (Wildman–Crippen MR) is 128 cm³/mol. The van der Waals surface area contributed by atoms with Crippen molar-refractivity contribution in [2.75, 3.05) is 44.6 Å². The number of hydrogen-bond donors (Lipinski definition) is 2. The third-order valence-electron chi connectivity index (χ3n) is 5.98. The average molecular weight is 449 g/mol. The molecule has 1 fully saturated rings. The second-order valence-electron chi connectivity index (χ2n) is 8.47. The summed E-state index contributed by atoms with van der Waals surface area (Å²) < 4.78 is 13.3. The van der Waals surface area contributed by atoms with Crippen LogP contribution in [0.3, 0.4) is 0 Å². The molecule has 0 aromatic heterocycles. The van der Waals surface area contributed by atoms with Gasteiger partial charge in [-0.2, -0.15) is 0 Å². The standard InChI is InChI=1S/C26H29FN4O2/c1-19(23-11-4-7-20-6-2-3-10-24(20)23)28-25(32)17-30-12-14-31(15-13-30)18-26(33)29-22-9-5-8-21(27)16-22/h2-11,16,19H,12-15,17-18H2,1H3,(H,28,32)(H,29,33)/t19-/m1/s1. The molecule has 3 aromatic rings. The molecule has 3 aromatic carbocycles. The lowest BCUT2D eigenvalue weighted by molar-refractivity contribution is -0.124. The minimum Gasteiger partial charge on any atom is -0.348 e. The van der Waals surface area contributed by atoms with Crippen LogP contribution in [-0.4, -0.2) is 60.9 Å². The zero-order valence-corrected chi connectivity index (χ0v) is 18.8. The fourth-order valence-corrected chi connectivity index (χ4v) is 4.27. The largest absolute Gasteiger partial charge is 0.348 e. The number of anilines is 1. The molecule has 6 nitrogen and oxygen atoms in total. The molecule has 1 saturated heterocycles. The minimum absolute atomic E-state index is 0.00673. The number of rotatable bonds is 7. The highest BCUT2D eigenvalue weighted by Gasteiger charge is 2.21. The zero-order chi connectivity index (χ0) is 23.2. The van der Waals surface area contributed by atoms with Crippen LogP contribution < -0.4 is 10.6 Å². The van der Waals surface area contributed by atoms with Gasteiger partial charge in [-0.25, -0.2) is 4.39 Å². The lowest BCUT2D eigenvalue weighted by atomic mass is 10.00. The molecule has 1 heterocycles. The molecule has 0 unspecified atom stereocenters. The molecule has 0 spiro atoms. The van der Waals surface area contributed by atoms with Crippen LogP contribution >= 0.6 is 0 Å². The van der Waals surface area contributed by atoms with Gasteiger partial charge in [-0.15, -0.1) is 0 Å². The fourth-order valence-electron chi connectivity index (χ4n) is 4.27. The average Bonchev–Trinajstić information content (AvgIpc) is 2.80. The van der Waals surface area contributed by atoms with Gasteiger partial charge in [-0.05, 0) is 41.5 Å². The van der Waals surface area contributed by atoms with Crippen LogP contribution in [0.15, 0.2) is 66.7 Å². The normalized spacial score (nSPS) is 15.8. The number of benzene rings is 3. The molecule has 2 amide bonds. The van der Waals surface area contributed by atoms with E-state index in [-0.39, 0.29) is 30.2 Å². The van der Waals surface area contributed by atoms with Gasteiger partial charge in [0.1, 0.15) is 5.82 Å². The van der Waals surface area contributed by atoms with Gasteiger partial charge < -0.3 is 10.6 Å². The summed E-state index contributed by atoms with van der Waals surface area (Å²) in [7, 11) is 0. The molecule has 0 radical (unpaired) electrons. The number of nitrogens with one attached hydrogen (secondary N) is 2. The topological polar surface area (TPSA) is 64.7 Å². The molecule has 2 N–H and O–H groups in total. The minimum atomic E-state index is -0.380. The summed E-state index contributed by atoms with van der Waals surface area (Å²) in [5.41, 5.74) is 1.56. The molecular weight excluding hydrogens is 419 g/mol. The van der Waals surface area contributed by atoms with E-state index < -0.39 is 0 Å². The second kappa shape index (κ2) is 10.6. The van der Waals surface area contributed by atoms with E-state index in [0.29, 0.717) is 38.4 Å². The van der Waals surface area contributed by atoms with Crippen molar-refractivity contribution < 1.29 is 14.0 Å². The molecule has 0 aliphatic carbocycles. The number of fused-ring (bicyclic) bond motifs is 1. The first-order chi connectivity index (χ1) is 16.0. The van der Waals surface area contributed by atoms with Crippen LogP contribution in [0.1, 0.15) is 18.5 Å². The van der Waals surface area contributed by atoms with Crippen LogP contribution in [0.5, 0.6) is 0 Å². The molecule has 1 aliphatic heterocycles. The molecule has 7 heteroatoms. The number of hydrogen-bond acceptors (Lipinski definition) is 4. The van der Waals surface area contributed by atoms with Gasteiger partial charge in [0.05, 0.1) is 19.1 Å². The van der Waals surface area contributed by atoms with Gasteiger partial charge in [-0.1, -0.05) is 48.5 Å². The zero-order valence-electron chi connectivity index (χ0n) is 18.8. The van der Waals surface area contributed by atoms with Gasteiger partial charge in [0.2, 0.25) is 11.8 Å².